The molecule has 1 aliphatic rings. The fraction of sp³-hybridized carbons (Fsp3) is 0.255. The van der Waals surface area contributed by atoms with Gasteiger partial charge in [-0.05, 0) is 143 Å². The molecule has 0 spiro atoms. The molecule has 0 bridgehead atoms. The van der Waals surface area contributed by atoms with Crippen LogP contribution in [0.3, 0.4) is 0 Å². The summed E-state index contributed by atoms with van der Waals surface area (Å²) in [4.78, 5) is 0. The van der Waals surface area contributed by atoms with E-state index in [1.165, 1.54) is 22.3 Å². The monoisotopic (exact) mass is 876 g/mol. The lowest BCUT2D eigenvalue weighted by atomic mass is 9.66. The lowest BCUT2D eigenvalue weighted by Gasteiger charge is -2.45. The Bertz CT molecular complexity index is 2200. The van der Waals surface area contributed by atoms with Gasteiger partial charge < -0.3 is 9.47 Å². The van der Waals surface area contributed by atoms with Crippen LogP contribution in [0.5, 0.6) is 11.5 Å². The van der Waals surface area contributed by atoms with Crippen molar-refractivity contribution in [2.45, 2.75) is 82.8 Å². The standard InChI is InChI=1S/C51H46Br2N2O2/c1-3-5-7-9-49(56-43-25-19-39(20-26-43)37-15-11-35(33-54)12-16-37)51(47-31-41(52)23-29-45(47)46-30-24-42(53)32-48(46)51)50(10-8-6-4-2)57-44-27-21-40(22-28-44)38-17-13-36(34-55)14-18-38/h11-32,49-50H,3-10H2,1-2H3. The first-order chi connectivity index (χ1) is 27.9. The highest BCUT2D eigenvalue weighted by Gasteiger charge is 2.56. The van der Waals surface area contributed by atoms with Crippen molar-refractivity contribution >= 4 is 31.9 Å². The molecule has 1 aliphatic carbocycles. The Labute approximate surface area is 354 Å². The van der Waals surface area contributed by atoms with E-state index in [4.69, 9.17) is 9.47 Å². The Kier molecular flexibility index (Phi) is 12.9. The topological polar surface area (TPSA) is 66.0 Å². The second-order valence-electron chi connectivity index (χ2n) is 14.9. The maximum absolute atomic E-state index is 9.32. The number of halogens is 2. The quantitative estimate of drug-likeness (QED) is 0.0909. The number of ether oxygens (including phenoxy) is 2. The minimum Gasteiger partial charge on any atom is -0.489 e. The van der Waals surface area contributed by atoms with Crippen molar-refractivity contribution in [3.05, 3.63) is 165 Å². The number of hydrogen-bond acceptors (Lipinski definition) is 4. The third-order valence-corrected chi connectivity index (χ3v) is 12.2. The van der Waals surface area contributed by atoms with Crippen LogP contribution in [0.2, 0.25) is 0 Å². The lowest BCUT2D eigenvalue weighted by molar-refractivity contribution is 0.0244. The van der Waals surface area contributed by atoms with Gasteiger partial charge in [-0.25, -0.2) is 0 Å². The zero-order valence-corrected chi connectivity index (χ0v) is 35.7. The first-order valence-electron chi connectivity index (χ1n) is 20.0. The molecule has 0 N–H and O–H groups in total. The van der Waals surface area contributed by atoms with Gasteiger partial charge in [-0.15, -0.1) is 0 Å². The fourth-order valence-corrected chi connectivity index (χ4v) is 9.13. The minimum atomic E-state index is -0.669. The SMILES string of the molecule is CCCCCC(Oc1ccc(-c2ccc(C#N)cc2)cc1)C1(C(CCCCC)Oc2ccc(-c3ccc(C#N)cc3)cc2)c2cc(Br)ccc2-c2ccc(Br)cc21. The van der Waals surface area contributed by atoms with Crippen LogP contribution >= 0.6 is 31.9 Å². The normalized spacial score (nSPS) is 13.4. The van der Waals surface area contributed by atoms with Gasteiger partial charge in [0, 0.05) is 8.95 Å². The predicted molar refractivity (Wildman–Crippen MR) is 238 cm³/mol. The third-order valence-electron chi connectivity index (χ3n) is 11.3. The zero-order chi connectivity index (χ0) is 39.8. The molecule has 0 saturated heterocycles. The first-order valence-corrected chi connectivity index (χ1v) is 21.6. The van der Waals surface area contributed by atoms with Gasteiger partial charge in [-0.2, -0.15) is 10.5 Å². The molecule has 6 aromatic carbocycles. The molecule has 0 radical (unpaired) electrons. The second-order valence-corrected chi connectivity index (χ2v) is 16.7. The molecule has 2 atom stereocenters. The molecule has 0 fully saturated rings. The molecular formula is C51H46Br2N2O2. The summed E-state index contributed by atoms with van der Waals surface area (Å²) in [5.74, 6) is 1.62. The molecule has 0 heterocycles. The molecule has 0 saturated carbocycles. The Morgan fingerprint density at radius 1 is 0.491 bits per heavy atom. The summed E-state index contributed by atoms with van der Waals surface area (Å²) in [6.07, 6.45) is 7.58. The molecule has 0 amide bonds. The number of nitriles is 2. The number of rotatable bonds is 16. The second kappa shape index (κ2) is 18.4. The fourth-order valence-electron chi connectivity index (χ4n) is 8.41. The van der Waals surface area contributed by atoms with Crippen LogP contribution in [-0.4, -0.2) is 12.2 Å². The van der Waals surface area contributed by atoms with E-state index < -0.39 is 5.41 Å². The molecule has 0 aromatic heterocycles. The van der Waals surface area contributed by atoms with Gasteiger partial charge in [0.05, 0.1) is 28.7 Å². The van der Waals surface area contributed by atoms with Gasteiger partial charge in [-0.3, -0.25) is 0 Å². The molecule has 286 valence electrons. The van der Waals surface area contributed by atoms with Crippen molar-refractivity contribution < 1.29 is 9.47 Å². The molecule has 4 nitrogen and oxygen atoms in total. The number of unbranched alkanes of at least 4 members (excludes halogenated alkanes) is 4. The smallest absolute Gasteiger partial charge is 0.119 e. The van der Waals surface area contributed by atoms with Crippen molar-refractivity contribution in [1.82, 2.24) is 0 Å². The number of fused-ring (bicyclic) bond motifs is 3. The Balaban J connectivity index is 1.36. The average Bonchev–Trinajstić information content (AvgIpc) is 3.52. The highest BCUT2D eigenvalue weighted by Crippen LogP contribution is 2.57. The summed E-state index contributed by atoms with van der Waals surface area (Å²) >= 11 is 7.77. The summed E-state index contributed by atoms with van der Waals surface area (Å²) in [5.41, 5.74) is 9.73. The third kappa shape index (κ3) is 8.59. The summed E-state index contributed by atoms with van der Waals surface area (Å²) < 4.78 is 16.9. The molecular weight excluding hydrogens is 832 g/mol. The highest BCUT2D eigenvalue weighted by atomic mass is 79.9. The van der Waals surface area contributed by atoms with Gasteiger partial charge in [0.1, 0.15) is 23.7 Å². The zero-order valence-electron chi connectivity index (χ0n) is 32.5. The van der Waals surface area contributed by atoms with E-state index in [0.717, 1.165) is 94.1 Å². The van der Waals surface area contributed by atoms with E-state index >= 15 is 0 Å². The summed E-state index contributed by atoms with van der Waals surface area (Å²) in [6, 6.07) is 50.0. The van der Waals surface area contributed by atoms with Crippen molar-refractivity contribution in [3.8, 4) is 57.0 Å². The van der Waals surface area contributed by atoms with E-state index in [-0.39, 0.29) is 12.2 Å². The Morgan fingerprint density at radius 3 is 1.18 bits per heavy atom. The summed E-state index contributed by atoms with van der Waals surface area (Å²) in [6.45, 7) is 4.50. The van der Waals surface area contributed by atoms with Crippen LogP contribution in [0.4, 0.5) is 0 Å². The van der Waals surface area contributed by atoms with Crippen LogP contribution in [0.15, 0.2) is 142 Å². The minimum absolute atomic E-state index is 0.266. The average molecular weight is 879 g/mol. The molecule has 0 aliphatic heterocycles. The Morgan fingerprint density at radius 2 is 0.842 bits per heavy atom. The van der Waals surface area contributed by atoms with E-state index in [1.54, 1.807) is 0 Å². The van der Waals surface area contributed by atoms with Gasteiger partial charge in [0.2, 0.25) is 0 Å². The van der Waals surface area contributed by atoms with Gasteiger partial charge >= 0.3 is 0 Å². The number of nitrogens with zero attached hydrogens (tertiary/aromatic N) is 2. The molecule has 57 heavy (non-hydrogen) atoms. The van der Waals surface area contributed by atoms with Gasteiger partial charge in [0.15, 0.2) is 0 Å². The maximum Gasteiger partial charge on any atom is 0.119 e. The lowest BCUT2D eigenvalue weighted by Crippen LogP contribution is -2.54. The molecule has 6 aromatic rings. The molecule has 6 heteroatoms. The highest BCUT2D eigenvalue weighted by molar-refractivity contribution is 9.10. The maximum atomic E-state index is 9.32. The van der Waals surface area contributed by atoms with E-state index in [1.807, 2.05) is 48.5 Å². The van der Waals surface area contributed by atoms with Crippen molar-refractivity contribution in [1.29, 1.82) is 10.5 Å². The van der Waals surface area contributed by atoms with Crippen molar-refractivity contribution in [2.24, 2.45) is 0 Å². The van der Waals surface area contributed by atoms with E-state index in [0.29, 0.717) is 11.1 Å². The largest absolute Gasteiger partial charge is 0.489 e. The summed E-state index contributed by atoms with van der Waals surface area (Å²) in [5, 5.41) is 18.6. The predicted octanol–water partition coefficient (Wildman–Crippen LogP) is 14.6. The Hall–Kier alpha value is -5.14. The van der Waals surface area contributed by atoms with E-state index in [2.05, 4.69) is 143 Å². The molecule has 7 rings (SSSR count). The van der Waals surface area contributed by atoms with Crippen LogP contribution < -0.4 is 9.47 Å². The molecule has 2 unspecified atom stereocenters. The van der Waals surface area contributed by atoms with E-state index in [9.17, 15) is 10.5 Å². The van der Waals surface area contributed by atoms with Crippen LogP contribution in [0, 0.1) is 22.7 Å². The first kappa shape index (κ1) is 40.1. The van der Waals surface area contributed by atoms with Gasteiger partial charge in [-0.1, -0.05) is 132 Å². The summed E-state index contributed by atoms with van der Waals surface area (Å²) in [7, 11) is 0. The van der Waals surface area contributed by atoms with Crippen molar-refractivity contribution in [3.63, 3.8) is 0 Å². The van der Waals surface area contributed by atoms with Crippen LogP contribution in [0.1, 0.15) is 87.5 Å². The van der Waals surface area contributed by atoms with Crippen LogP contribution in [0.25, 0.3) is 33.4 Å². The van der Waals surface area contributed by atoms with Crippen LogP contribution in [-0.2, 0) is 5.41 Å². The van der Waals surface area contributed by atoms with Gasteiger partial charge in [0.25, 0.3) is 0 Å². The number of hydrogen-bond donors (Lipinski definition) is 0. The number of benzene rings is 6. The van der Waals surface area contributed by atoms with Crippen molar-refractivity contribution in [2.75, 3.05) is 0 Å².